The van der Waals surface area contributed by atoms with Crippen molar-refractivity contribution in [1.82, 2.24) is 14.9 Å². The molecule has 0 spiro atoms. The van der Waals surface area contributed by atoms with E-state index in [0.717, 1.165) is 12.8 Å². The van der Waals surface area contributed by atoms with Gasteiger partial charge in [0, 0.05) is 12.6 Å². The summed E-state index contributed by atoms with van der Waals surface area (Å²) >= 11 is 1.18. The van der Waals surface area contributed by atoms with Crippen LogP contribution in [-0.4, -0.2) is 50.2 Å². The molecule has 1 aromatic heterocycles. The van der Waals surface area contributed by atoms with Crippen LogP contribution in [0, 0.1) is 13.8 Å². The highest BCUT2D eigenvalue weighted by Crippen LogP contribution is 2.28. The Labute approximate surface area is 128 Å². The summed E-state index contributed by atoms with van der Waals surface area (Å²) < 4.78 is 0. The highest BCUT2D eigenvalue weighted by atomic mass is 32.2. The molecule has 0 atom stereocenters. The molecule has 1 saturated carbocycles. The number of carbonyl (C=O) groups is 2. The van der Waals surface area contributed by atoms with Crippen LogP contribution in [0.1, 0.15) is 41.6 Å². The van der Waals surface area contributed by atoms with E-state index in [1.54, 1.807) is 13.8 Å². The Bertz CT molecular complexity index is 573. The second-order valence-corrected chi connectivity index (χ2v) is 6.01. The van der Waals surface area contributed by atoms with Gasteiger partial charge >= 0.3 is 5.97 Å². The van der Waals surface area contributed by atoms with Gasteiger partial charge in [-0.3, -0.25) is 4.79 Å². The standard InChI is InChI=1S/C14H19N3O3S/c1-4-17(10-5-6-10)11(18)7-21-13-12(14(19)20)8(2)15-9(3)16-13/h10H,4-7H2,1-3H3,(H,19,20). The van der Waals surface area contributed by atoms with Crippen molar-refractivity contribution in [2.75, 3.05) is 12.3 Å². The van der Waals surface area contributed by atoms with Gasteiger partial charge in [0.15, 0.2) is 0 Å². The van der Waals surface area contributed by atoms with Crippen molar-refractivity contribution < 1.29 is 14.7 Å². The maximum Gasteiger partial charge on any atom is 0.340 e. The van der Waals surface area contributed by atoms with E-state index in [-0.39, 0.29) is 17.2 Å². The zero-order chi connectivity index (χ0) is 15.6. The van der Waals surface area contributed by atoms with Crippen molar-refractivity contribution in [2.24, 2.45) is 0 Å². The minimum Gasteiger partial charge on any atom is -0.478 e. The molecule has 1 heterocycles. The fraction of sp³-hybridized carbons (Fsp3) is 0.571. The van der Waals surface area contributed by atoms with Crippen LogP contribution >= 0.6 is 11.8 Å². The molecule has 6 nitrogen and oxygen atoms in total. The van der Waals surface area contributed by atoms with Gasteiger partial charge in [0.2, 0.25) is 5.91 Å². The zero-order valence-corrected chi connectivity index (χ0v) is 13.2. The summed E-state index contributed by atoms with van der Waals surface area (Å²) in [6, 6.07) is 0.371. The van der Waals surface area contributed by atoms with Gasteiger partial charge in [0.25, 0.3) is 0 Å². The van der Waals surface area contributed by atoms with E-state index in [0.29, 0.717) is 29.1 Å². The van der Waals surface area contributed by atoms with Gasteiger partial charge in [-0.05, 0) is 33.6 Å². The second kappa shape index (κ2) is 6.43. The minimum absolute atomic E-state index is 0.0373. The molecule has 21 heavy (non-hydrogen) atoms. The van der Waals surface area contributed by atoms with Crippen LogP contribution in [0.2, 0.25) is 0 Å². The lowest BCUT2D eigenvalue weighted by Crippen LogP contribution is -2.34. The SMILES string of the molecule is CCN(C(=O)CSc1nc(C)nc(C)c1C(=O)O)C1CC1. The Morgan fingerprint density at radius 2 is 2.00 bits per heavy atom. The number of hydrogen-bond acceptors (Lipinski definition) is 5. The average molecular weight is 309 g/mol. The van der Waals surface area contributed by atoms with Gasteiger partial charge in [0.1, 0.15) is 16.4 Å². The number of hydrogen-bond donors (Lipinski definition) is 1. The zero-order valence-electron chi connectivity index (χ0n) is 12.4. The van der Waals surface area contributed by atoms with Crippen molar-refractivity contribution in [3.05, 3.63) is 17.1 Å². The number of aromatic carboxylic acids is 1. The Morgan fingerprint density at radius 3 is 2.52 bits per heavy atom. The van der Waals surface area contributed by atoms with Crippen LogP contribution in [-0.2, 0) is 4.79 Å². The summed E-state index contributed by atoms with van der Waals surface area (Å²) in [5, 5.41) is 9.64. The number of carboxylic acid groups (broad SMARTS) is 1. The molecule has 7 heteroatoms. The normalized spacial score (nSPS) is 14.0. The number of carboxylic acids is 1. The molecule has 1 N–H and O–H groups in total. The number of carbonyl (C=O) groups excluding carboxylic acids is 1. The number of amides is 1. The van der Waals surface area contributed by atoms with Gasteiger partial charge < -0.3 is 10.0 Å². The van der Waals surface area contributed by atoms with Gasteiger partial charge in [-0.15, -0.1) is 0 Å². The lowest BCUT2D eigenvalue weighted by molar-refractivity contribution is -0.128. The monoisotopic (exact) mass is 309 g/mol. The van der Waals surface area contributed by atoms with Crippen LogP contribution in [0.15, 0.2) is 5.03 Å². The summed E-state index contributed by atoms with van der Waals surface area (Å²) in [6.07, 6.45) is 2.13. The molecule has 0 aromatic carbocycles. The van der Waals surface area contributed by atoms with Crippen LogP contribution in [0.5, 0.6) is 0 Å². The molecular formula is C14H19N3O3S. The maximum atomic E-state index is 12.2. The number of nitrogens with zero attached hydrogens (tertiary/aromatic N) is 3. The third-order valence-corrected chi connectivity index (χ3v) is 4.32. The summed E-state index contributed by atoms with van der Waals surface area (Å²) in [5.74, 6) is -0.296. The topological polar surface area (TPSA) is 83.4 Å². The minimum atomic E-state index is -1.06. The van der Waals surface area contributed by atoms with Crippen LogP contribution in [0.25, 0.3) is 0 Å². The van der Waals surface area contributed by atoms with Gasteiger partial charge in [-0.2, -0.15) is 0 Å². The molecule has 0 saturated heterocycles. The third kappa shape index (κ3) is 3.72. The predicted octanol–water partition coefficient (Wildman–Crippen LogP) is 1.89. The Kier molecular flexibility index (Phi) is 4.82. The van der Waals surface area contributed by atoms with Crippen molar-refractivity contribution in [3.8, 4) is 0 Å². The predicted molar refractivity (Wildman–Crippen MR) is 79.6 cm³/mol. The average Bonchev–Trinajstić information content (AvgIpc) is 3.20. The lowest BCUT2D eigenvalue weighted by atomic mass is 10.2. The Morgan fingerprint density at radius 1 is 1.33 bits per heavy atom. The first-order chi connectivity index (χ1) is 9.93. The molecule has 114 valence electrons. The van der Waals surface area contributed by atoms with Gasteiger partial charge in [0.05, 0.1) is 11.4 Å². The number of aryl methyl sites for hydroxylation is 2. The maximum absolute atomic E-state index is 12.2. The molecular weight excluding hydrogens is 290 g/mol. The van der Waals surface area contributed by atoms with E-state index in [9.17, 15) is 14.7 Å². The largest absolute Gasteiger partial charge is 0.478 e. The van der Waals surface area contributed by atoms with E-state index < -0.39 is 5.97 Å². The van der Waals surface area contributed by atoms with Crippen molar-refractivity contribution in [3.63, 3.8) is 0 Å². The van der Waals surface area contributed by atoms with E-state index in [4.69, 9.17) is 0 Å². The first kappa shape index (κ1) is 15.8. The van der Waals surface area contributed by atoms with Crippen molar-refractivity contribution in [2.45, 2.75) is 44.7 Å². The first-order valence-corrected chi connectivity index (χ1v) is 7.93. The molecule has 1 fully saturated rings. The third-order valence-electron chi connectivity index (χ3n) is 3.36. The highest BCUT2D eigenvalue weighted by Gasteiger charge is 2.31. The molecule has 0 unspecified atom stereocenters. The quantitative estimate of drug-likeness (QED) is 0.638. The van der Waals surface area contributed by atoms with E-state index in [2.05, 4.69) is 9.97 Å². The van der Waals surface area contributed by atoms with Crippen LogP contribution in [0.4, 0.5) is 0 Å². The van der Waals surface area contributed by atoms with Crippen LogP contribution in [0.3, 0.4) is 0 Å². The molecule has 1 aliphatic rings. The van der Waals surface area contributed by atoms with Gasteiger partial charge in [-0.25, -0.2) is 14.8 Å². The molecule has 1 amide bonds. The Hall–Kier alpha value is -1.63. The van der Waals surface area contributed by atoms with Crippen molar-refractivity contribution >= 4 is 23.6 Å². The summed E-state index contributed by atoms with van der Waals surface area (Å²) in [4.78, 5) is 33.6. The number of aromatic nitrogens is 2. The fourth-order valence-electron chi connectivity index (χ4n) is 2.27. The molecule has 1 aromatic rings. The van der Waals surface area contributed by atoms with E-state index in [1.807, 2.05) is 11.8 Å². The van der Waals surface area contributed by atoms with Gasteiger partial charge in [-0.1, -0.05) is 11.8 Å². The smallest absolute Gasteiger partial charge is 0.340 e. The molecule has 2 rings (SSSR count). The van der Waals surface area contributed by atoms with E-state index >= 15 is 0 Å². The fourth-order valence-corrected chi connectivity index (χ4v) is 3.27. The van der Waals surface area contributed by atoms with E-state index in [1.165, 1.54) is 11.8 Å². The number of rotatable bonds is 6. The van der Waals surface area contributed by atoms with Crippen molar-refractivity contribution in [1.29, 1.82) is 0 Å². The first-order valence-electron chi connectivity index (χ1n) is 6.94. The Balaban J connectivity index is 2.12. The molecule has 0 bridgehead atoms. The molecule has 0 radical (unpaired) electrons. The summed E-state index contributed by atoms with van der Waals surface area (Å²) in [7, 11) is 0. The summed E-state index contributed by atoms with van der Waals surface area (Å²) in [6.45, 7) is 6.01. The van der Waals surface area contributed by atoms with Crippen LogP contribution < -0.4 is 0 Å². The molecule has 0 aliphatic heterocycles. The summed E-state index contributed by atoms with van der Waals surface area (Å²) in [5.41, 5.74) is 0.521. The molecule has 1 aliphatic carbocycles. The lowest BCUT2D eigenvalue weighted by Gasteiger charge is -2.20. The number of thioether (sulfide) groups is 1. The second-order valence-electron chi connectivity index (χ2n) is 5.04. The highest BCUT2D eigenvalue weighted by molar-refractivity contribution is 8.00.